The van der Waals surface area contributed by atoms with Gasteiger partial charge in [0.15, 0.2) is 0 Å². The molecule has 2 fully saturated rings. The van der Waals surface area contributed by atoms with E-state index in [9.17, 15) is 0 Å². The largest absolute Gasteiger partial charge is 0.299 e. The molecule has 0 amide bonds. The highest BCUT2D eigenvalue weighted by Gasteiger charge is 2.18. The molecule has 0 bridgehead atoms. The quantitative estimate of drug-likeness (QED) is 0.455. The maximum Gasteiger partial charge on any atom is 0.0638 e. The minimum Gasteiger partial charge on any atom is -0.299 e. The summed E-state index contributed by atoms with van der Waals surface area (Å²) in [5, 5.41) is 8.80. The fourth-order valence-corrected chi connectivity index (χ4v) is 4.57. The van der Waals surface area contributed by atoms with Crippen molar-refractivity contribution in [2.75, 3.05) is 26.2 Å². The monoisotopic (exact) mass is 486 g/mol. The molecule has 0 aromatic carbocycles. The predicted octanol–water partition coefficient (Wildman–Crippen LogP) is 6.38. The van der Waals surface area contributed by atoms with Crippen molar-refractivity contribution < 1.29 is 0 Å². The van der Waals surface area contributed by atoms with Gasteiger partial charge in [-0.05, 0) is 90.5 Å². The summed E-state index contributed by atoms with van der Waals surface area (Å²) in [6.45, 7) is 24.6. The van der Waals surface area contributed by atoms with Crippen LogP contribution in [0.5, 0.6) is 0 Å². The molecule has 2 aromatic heterocycles. The molecular formula is C29H54N6. The van der Waals surface area contributed by atoms with Gasteiger partial charge in [-0.15, -0.1) is 0 Å². The van der Waals surface area contributed by atoms with Crippen LogP contribution in [0.4, 0.5) is 0 Å². The van der Waals surface area contributed by atoms with Crippen LogP contribution in [0, 0.1) is 18.8 Å². The van der Waals surface area contributed by atoms with E-state index >= 15 is 0 Å². The Morgan fingerprint density at radius 2 is 1.34 bits per heavy atom. The van der Waals surface area contributed by atoms with Crippen molar-refractivity contribution in [1.29, 1.82) is 0 Å². The molecule has 0 radical (unpaired) electrons. The maximum atomic E-state index is 4.50. The maximum absolute atomic E-state index is 4.50. The first kappa shape index (κ1) is 29.6. The molecule has 2 saturated heterocycles. The Morgan fingerprint density at radius 3 is 1.80 bits per heavy atom. The summed E-state index contributed by atoms with van der Waals surface area (Å²) < 4.78 is 4.13. The van der Waals surface area contributed by atoms with E-state index in [4.69, 9.17) is 0 Å². The van der Waals surface area contributed by atoms with E-state index in [0.29, 0.717) is 0 Å². The molecule has 0 saturated carbocycles. The summed E-state index contributed by atoms with van der Waals surface area (Å²) in [6, 6.07) is 2.14. The van der Waals surface area contributed by atoms with E-state index in [0.717, 1.165) is 38.0 Å². The minimum absolute atomic E-state index is 0.913. The third kappa shape index (κ3) is 10.5. The second-order valence-electron chi connectivity index (χ2n) is 10.7. The first-order valence-corrected chi connectivity index (χ1v) is 14.4. The Balaban J connectivity index is 0.000000215. The zero-order valence-corrected chi connectivity index (χ0v) is 24.0. The molecule has 4 heterocycles. The van der Waals surface area contributed by atoms with E-state index < -0.39 is 0 Å². The SMILES string of the molecule is CCCC.CCn1cc(CN2CCC(C)CC2)c(C)n1.CCn1nccc1CN1CCC(C)CC1. The van der Waals surface area contributed by atoms with Gasteiger partial charge in [0.1, 0.15) is 0 Å². The van der Waals surface area contributed by atoms with Crippen LogP contribution in [0.25, 0.3) is 0 Å². The molecule has 0 N–H and O–H groups in total. The average Bonchev–Trinajstić information content (AvgIpc) is 3.48. The van der Waals surface area contributed by atoms with Gasteiger partial charge in [0.25, 0.3) is 0 Å². The van der Waals surface area contributed by atoms with Crippen LogP contribution < -0.4 is 0 Å². The molecule has 2 aliphatic rings. The highest BCUT2D eigenvalue weighted by atomic mass is 15.3. The van der Waals surface area contributed by atoms with Gasteiger partial charge >= 0.3 is 0 Å². The Hall–Kier alpha value is -1.66. The number of rotatable bonds is 7. The van der Waals surface area contributed by atoms with Crippen molar-refractivity contribution in [2.45, 2.75) is 113 Å². The molecule has 0 unspecified atom stereocenters. The van der Waals surface area contributed by atoms with Gasteiger partial charge in [-0.1, -0.05) is 40.5 Å². The third-order valence-corrected chi connectivity index (χ3v) is 7.51. The standard InChI is InChI=1S/C13H23N3.C12H21N3.C4H10/c1-4-16-10-13(12(3)14-16)9-15-7-5-11(2)6-8-15;1-3-15-12(4-7-13-15)10-14-8-5-11(2)6-9-14;1-3-4-2/h10-11H,4-9H2,1-3H3;4,7,11H,3,5-6,8-10H2,1-2H3;3-4H2,1-2H3. The molecule has 6 heteroatoms. The number of likely N-dealkylation sites (tertiary alicyclic amines) is 2. The zero-order valence-electron chi connectivity index (χ0n) is 24.0. The molecule has 0 aliphatic carbocycles. The molecule has 0 spiro atoms. The summed E-state index contributed by atoms with van der Waals surface area (Å²) in [7, 11) is 0. The first-order chi connectivity index (χ1) is 16.9. The first-order valence-electron chi connectivity index (χ1n) is 14.4. The number of hydrogen-bond acceptors (Lipinski definition) is 4. The summed E-state index contributed by atoms with van der Waals surface area (Å²) in [4.78, 5) is 5.10. The second-order valence-corrected chi connectivity index (χ2v) is 10.7. The third-order valence-electron chi connectivity index (χ3n) is 7.51. The van der Waals surface area contributed by atoms with E-state index in [1.165, 1.54) is 81.7 Å². The lowest BCUT2D eigenvalue weighted by molar-refractivity contribution is 0.181. The van der Waals surface area contributed by atoms with Gasteiger partial charge in [-0.25, -0.2) is 0 Å². The fraction of sp³-hybridized carbons (Fsp3) is 0.793. The number of hydrogen-bond donors (Lipinski definition) is 0. The summed E-state index contributed by atoms with van der Waals surface area (Å²) in [6.07, 6.45) is 12.1. The number of aromatic nitrogens is 4. The summed E-state index contributed by atoms with van der Waals surface area (Å²) >= 11 is 0. The number of piperidine rings is 2. The van der Waals surface area contributed by atoms with E-state index in [-0.39, 0.29) is 0 Å². The molecule has 4 rings (SSSR count). The Bertz CT molecular complexity index is 792. The highest BCUT2D eigenvalue weighted by Crippen LogP contribution is 2.19. The Labute approximate surface area is 216 Å². The lowest BCUT2D eigenvalue weighted by Gasteiger charge is -2.30. The predicted molar refractivity (Wildman–Crippen MR) is 148 cm³/mol. The lowest BCUT2D eigenvalue weighted by Crippen LogP contribution is -2.33. The van der Waals surface area contributed by atoms with Crippen molar-refractivity contribution in [3.05, 3.63) is 35.4 Å². The van der Waals surface area contributed by atoms with Crippen LogP contribution in [0.2, 0.25) is 0 Å². The van der Waals surface area contributed by atoms with Crippen LogP contribution in [0.15, 0.2) is 18.5 Å². The molecule has 6 nitrogen and oxygen atoms in total. The van der Waals surface area contributed by atoms with Gasteiger partial charge in [-0.2, -0.15) is 10.2 Å². The van der Waals surface area contributed by atoms with Crippen LogP contribution in [0.3, 0.4) is 0 Å². The molecule has 2 aromatic rings. The zero-order chi connectivity index (χ0) is 25.6. The lowest BCUT2D eigenvalue weighted by atomic mass is 9.99. The summed E-state index contributed by atoms with van der Waals surface area (Å²) in [5.41, 5.74) is 3.95. The topological polar surface area (TPSA) is 42.1 Å². The van der Waals surface area contributed by atoms with Gasteiger partial charge in [0, 0.05) is 44.1 Å². The van der Waals surface area contributed by atoms with Gasteiger partial charge < -0.3 is 0 Å². The fourth-order valence-electron chi connectivity index (χ4n) is 4.57. The highest BCUT2D eigenvalue weighted by molar-refractivity contribution is 5.15. The van der Waals surface area contributed by atoms with Crippen LogP contribution >= 0.6 is 0 Å². The average molecular weight is 487 g/mol. The molecule has 200 valence electrons. The van der Waals surface area contributed by atoms with Gasteiger partial charge in [0.2, 0.25) is 0 Å². The van der Waals surface area contributed by atoms with Crippen LogP contribution in [-0.4, -0.2) is 55.5 Å². The van der Waals surface area contributed by atoms with Crippen molar-refractivity contribution >= 4 is 0 Å². The van der Waals surface area contributed by atoms with Crippen molar-refractivity contribution in [2.24, 2.45) is 11.8 Å². The number of unbranched alkanes of at least 4 members (excludes halogenated alkanes) is 1. The molecule has 0 atom stereocenters. The van der Waals surface area contributed by atoms with E-state index in [1.54, 1.807) is 0 Å². The normalized spacial score (nSPS) is 18.0. The Morgan fingerprint density at radius 1 is 0.800 bits per heavy atom. The van der Waals surface area contributed by atoms with Crippen molar-refractivity contribution in [1.82, 2.24) is 29.4 Å². The van der Waals surface area contributed by atoms with E-state index in [1.807, 2.05) is 10.9 Å². The smallest absolute Gasteiger partial charge is 0.0638 e. The van der Waals surface area contributed by atoms with Gasteiger partial charge in [0.05, 0.1) is 11.4 Å². The summed E-state index contributed by atoms with van der Waals surface area (Å²) in [5.74, 6) is 1.83. The minimum atomic E-state index is 0.913. The molecule has 35 heavy (non-hydrogen) atoms. The molecule has 2 aliphatic heterocycles. The van der Waals surface area contributed by atoms with Gasteiger partial charge in [-0.3, -0.25) is 19.2 Å². The number of aryl methyl sites for hydroxylation is 3. The Kier molecular flexibility index (Phi) is 13.6. The number of nitrogens with zero attached hydrogens (tertiary/aromatic N) is 6. The van der Waals surface area contributed by atoms with Crippen molar-refractivity contribution in [3.63, 3.8) is 0 Å². The van der Waals surface area contributed by atoms with Crippen LogP contribution in [-0.2, 0) is 26.2 Å². The van der Waals surface area contributed by atoms with Crippen molar-refractivity contribution in [3.8, 4) is 0 Å². The van der Waals surface area contributed by atoms with Crippen LogP contribution in [0.1, 0.15) is 97.0 Å². The molecular weight excluding hydrogens is 432 g/mol. The second kappa shape index (κ2) is 16.2. The van der Waals surface area contributed by atoms with E-state index in [2.05, 4.69) is 85.4 Å².